The van der Waals surface area contributed by atoms with Gasteiger partial charge in [0.2, 0.25) is 0 Å². The summed E-state index contributed by atoms with van der Waals surface area (Å²) >= 11 is 0. The topological polar surface area (TPSA) is 34.9 Å². The third-order valence-electron chi connectivity index (χ3n) is 4.30. The summed E-state index contributed by atoms with van der Waals surface area (Å²) in [5.41, 5.74) is 2.23. The first-order valence-electron chi connectivity index (χ1n) is 6.99. The van der Waals surface area contributed by atoms with Crippen LogP contribution in [0.1, 0.15) is 44.5 Å². The van der Waals surface area contributed by atoms with E-state index < -0.39 is 0 Å². The van der Waals surface area contributed by atoms with E-state index in [4.69, 9.17) is 0 Å². The number of nitrogens with zero attached hydrogens (tertiary/aromatic N) is 2. The third-order valence-corrected chi connectivity index (χ3v) is 4.30. The van der Waals surface area contributed by atoms with E-state index in [1.165, 1.54) is 5.69 Å². The second-order valence-electron chi connectivity index (χ2n) is 6.05. The Bertz CT molecular complexity index is 434. The smallest absolute Gasteiger partial charge is 0.136 e. The molecular formula is C15H24N2O. The average molecular weight is 248 g/mol. The molecule has 0 spiro atoms. The molecule has 0 aromatic carbocycles. The Labute approximate surface area is 110 Å². The number of carbonyl (C=O) groups is 1. The fourth-order valence-corrected chi connectivity index (χ4v) is 3.06. The number of hydrogen-bond acceptors (Lipinski definition) is 2. The van der Waals surface area contributed by atoms with E-state index in [-0.39, 0.29) is 5.92 Å². The molecule has 0 aliphatic heterocycles. The van der Waals surface area contributed by atoms with Gasteiger partial charge >= 0.3 is 0 Å². The molecule has 2 atom stereocenters. The molecule has 0 bridgehead atoms. The normalized spacial score (nSPS) is 24.8. The highest BCUT2D eigenvalue weighted by Crippen LogP contribution is 2.33. The van der Waals surface area contributed by atoms with Crippen molar-refractivity contribution in [3.63, 3.8) is 0 Å². The van der Waals surface area contributed by atoms with E-state index in [1.54, 1.807) is 0 Å². The van der Waals surface area contributed by atoms with Gasteiger partial charge in [0.15, 0.2) is 0 Å². The predicted molar refractivity (Wildman–Crippen MR) is 72.3 cm³/mol. The van der Waals surface area contributed by atoms with Crippen LogP contribution in [0.3, 0.4) is 0 Å². The van der Waals surface area contributed by atoms with Crippen LogP contribution in [0.2, 0.25) is 0 Å². The minimum atomic E-state index is 0.209. The molecule has 1 fully saturated rings. The first-order chi connectivity index (χ1) is 8.47. The zero-order valence-electron chi connectivity index (χ0n) is 11.9. The van der Waals surface area contributed by atoms with Gasteiger partial charge in [0.25, 0.3) is 0 Å². The molecule has 0 radical (unpaired) electrons. The number of carbonyl (C=O) groups excluding carboxylic acids is 1. The van der Waals surface area contributed by atoms with Crippen LogP contribution in [0.15, 0.2) is 6.07 Å². The van der Waals surface area contributed by atoms with Crippen molar-refractivity contribution >= 4 is 5.78 Å². The standard InChI is InChI=1S/C15H24N2O/c1-10(2)12-5-6-15(18)13(8-12)9-14-7-11(3)16-17(14)4/h7,10,12-13H,5-6,8-9H2,1-4H3. The SMILES string of the molecule is Cc1cc(CC2CC(C(C)C)CCC2=O)n(C)n1. The van der Waals surface area contributed by atoms with Crippen LogP contribution < -0.4 is 0 Å². The van der Waals surface area contributed by atoms with Gasteiger partial charge in [0.05, 0.1) is 5.69 Å². The number of Topliss-reactive ketones (excluding diaryl/α,β-unsaturated/α-hetero) is 1. The van der Waals surface area contributed by atoms with Crippen LogP contribution in [-0.4, -0.2) is 15.6 Å². The molecule has 100 valence electrons. The van der Waals surface area contributed by atoms with Crippen LogP contribution in [0.4, 0.5) is 0 Å². The fraction of sp³-hybridized carbons (Fsp3) is 0.733. The highest BCUT2D eigenvalue weighted by molar-refractivity contribution is 5.82. The Morgan fingerprint density at radius 1 is 1.50 bits per heavy atom. The highest BCUT2D eigenvalue weighted by Gasteiger charge is 2.30. The molecule has 3 heteroatoms. The van der Waals surface area contributed by atoms with Crippen LogP contribution >= 0.6 is 0 Å². The highest BCUT2D eigenvalue weighted by atomic mass is 16.1. The van der Waals surface area contributed by atoms with Crippen LogP contribution in [0, 0.1) is 24.7 Å². The summed E-state index contributed by atoms with van der Waals surface area (Å²) in [7, 11) is 1.97. The maximum atomic E-state index is 12.1. The average Bonchev–Trinajstić information content (AvgIpc) is 2.60. The maximum absolute atomic E-state index is 12.1. The lowest BCUT2D eigenvalue weighted by molar-refractivity contribution is -0.126. The number of ketones is 1. The van der Waals surface area contributed by atoms with Crippen LogP contribution in [0.25, 0.3) is 0 Å². The van der Waals surface area contributed by atoms with Crippen molar-refractivity contribution in [2.75, 3.05) is 0 Å². The minimum Gasteiger partial charge on any atom is -0.299 e. The third kappa shape index (κ3) is 2.82. The lowest BCUT2D eigenvalue weighted by atomic mass is 9.74. The second-order valence-corrected chi connectivity index (χ2v) is 6.05. The Morgan fingerprint density at radius 3 is 2.78 bits per heavy atom. The van der Waals surface area contributed by atoms with Gasteiger partial charge in [-0.15, -0.1) is 0 Å². The zero-order chi connectivity index (χ0) is 13.3. The van der Waals surface area contributed by atoms with Gasteiger partial charge in [0.1, 0.15) is 5.78 Å². The summed E-state index contributed by atoms with van der Waals surface area (Å²) in [5, 5.41) is 4.36. The van der Waals surface area contributed by atoms with Crippen molar-refractivity contribution in [2.24, 2.45) is 24.8 Å². The minimum absolute atomic E-state index is 0.209. The van der Waals surface area contributed by atoms with Gasteiger partial charge in [-0.1, -0.05) is 13.8 Å². The van der Waals surface area contributed by atoms with Gasteiger partial charge in [0, 0.05) is 25.1 Å². The Hall–Kier alpha value is -1.12. The van der Waals surface area contributed by atoms with Crippen LogP contribution in [-0.2, 0) is 18.3 Å². The molecule has 0 saturated heterocycles. The molecular weight excluding hydrogens is 224 g/mol. The Balaban J connectivity index is 2.07. The Morgan fingerprint density at radius 2 is 2.22 bits per heavy atom. The van der Waals surface area contributed by atoms with Crippen molar-refractivity contribution < 1.29 is 4.79 Å². The van der Waals surface area contributed by atoms with E-state index in [2.05, 4.69) is 25.0 Å². The van der Waals surface area contributed by atoms with E-state index in [9.17, 15) is 4.79 Å². The predicted octanol–water partition coefficient (Wildman–Crippen LogP) is 2.91. The summed E-state index contributed by atoms with van der Waals surface area (Å²) in [4.78, 5) is 12.1. The lowest BCUT2D eigenvalue weighted by Crippen LogP contribution is -2.29. The summed E-state index contributed by atoms with van der Waals surface area (Å²) < 4.78 is 1.92. The van der Waals surface area contributed by atoms with Crippen molar-refractivity contribution in [2.45, 2.75) is 46.5 Å². The Kier molecular flexibility index (Phi) is 3.88. The molecule has 1 heterocycles. The second kappa shape index (κ2) is 5.25. The van der Waals surface area contributed by atoms with E-state index in [0.717, 1.165) is 31.4 Å². The van der Waals surface area contributed by atoms with Crippen LogP contribution in [0.5, 0.6) is 0 Å². The molecule has 3 nitrogen and oxygen atoms in total. The molecule has 1 aromatic rings. The van der Waals surface area contributed by atoms with E-state index in [0.29, 0.717) is 17.6 Å². The number of aromatic nitrogens is 2. The molecule has 1 aromatic heterocycles. The molecule has 2 rings (SSSR count). The quantitative estimate of drug-likeness (QED) is 0.824. The first-order valence-corrected chi connectivity index (χ1v) is 6.99. The number of rotatable bonds is 3. The largest absolute Gasteiger partial charge is 0.299 e. The summed E-state index contributed by atoms with van der Waals surface area (Å²) in [5.74, 6) is 2.06. The molecule has 1 aliphatic rings. The van der Waals surface area contributed by atoms with Crippen molar-refractivity contribution in [3.8, 4) is 0 Å². The summed E-state index contributed by atoms with van der Waals surface area (Å²) in [6.45, 7) is 6.54. The first kappa shape index (κ1) is 13.3. The van der Waals surface area contributed by atoms with Gasteiger partial charge in [-0.2, -0.15) is 5.10 Å². The molecule has 0 N–H and O–H groups in total. The number of aryl methyl sites for hydroxylation is 2. The fourth-order valence-electron chi connectivity index (χ4n) is 3.06. The molecule has 2 unspecified atom stereocenters. The monoisotopic (exact) mass is 248 g/mol. The zero-order valence-corrected chi connectivity index (χ0v) is 11.9. The van der Waals surface area contributed by atoms with Gasteiger partial charge in [-0.05, 0) is 44.1 Å². The summed E-state index contributed by atoms with van der Waals surface area (Å²) in [6.07, 6.45) is 3.77. The van der Waals surface area contributed by atoms with E-state index >= 15 is 0 Å². The summed E-state index contributed by atoms with van der Waals surface area (Å²) in [6, 6.07) is 2.10. The lowest BCUT2D eigenvalue weighted by Gasteiger charge is -2.30. The molecule has 1 saturated carbocycles. The maximum Gasteiger partial charge on any atom is 0.136 e. The molecule has 0 amide bonds. The molecule has 1 aliphatic carbocycles. The number of hydrogen-bond donors (Lipinski definition) is 0. The van der Waals surface area contributed by atoms with Crippen molar-refractivity contribution in [1.29, 1.82) is 0 Å². The van der Waals surface area contributed by atoms with Gasteiger partial charge in [-0.3, -0.25) is 9.48 Å². The van der Waals surface area contributed by atoms with Crippen molar-refractivity contribution in [3.05, 3.63) is 17.5 Å². The van der Waals surface area contributed by atoms with Gasteiger partial charge < -0.3 is 0 Å². The molecule has 18 heavy (non-hydrogen) atoms. The van der Waals surface area contributed by atoms with E-state index in [1.807, 2.05) is 18.7 Å². The van der Waals surface area contributed by atoms with Crippen molar-refractivity contribution in [1.82, 2.24) is 9.78 Å². The van der Waals surface area contributed by atoms with Gasteiger partial charge in [-0.25, -0.2) is 0 Å².